The predicted octanol–water partition coefficient (Wildman–Crippen LogP) is 3.38. The molecule has 78 valence electrons. The molecular formula is C13H20O. The first-order valence-corrected chi connectivity index (χ1v) is 5.07. The molecule has 0 fully saturated rings. The van der Waals surface area contributed by atoms with Gasteiger partial charge in [0.05, 0.1) is 6.10 Å². The summed E-state index contributed by atoms with van der Waals surface area (Å²) in [6.45, 7) is 10.3. The second kappa shape index (κ2) is 3.74. The van der Waals surface area contributed by atoms with Gasteiger partial charge >= 0.3 is 0 Å². The van der Waals surface area contributed by atoms with Gasteiger partial charge in [0.25, 0.3) is 0 Å². The lowest BCUT2D eigenvalue weighted by atomic mass is 9.83. The lowest BCUT2D eigenvalue weighted by Crippen LogP contribution is -2.18. The molecular weight excluding hydrogens is 172 g/mol. The fourth-order valence-corrected chi connectivity index (χ4v) is 1.60. The van der Waals surface area contributed by atoms with E-state index in [-0.39, 0.29) is 11.5 Å². The molecule has 1 heteroatoms. The van der Waals surface area contributed by atoms with E-state index in [1.54, 1.807) is 0 Å². The van der Waals surface area contributed by atoms with Crippen molar-refractivity contribution in [1.29, 1.82) is 0 Å². The Morgan fingerprint density at radius 2 is 1.71 bits per heavy atom. The quantitative estimate of drug-likeness (QED) is 0.723. The lowest BCUT2D eigenvalue weighted by molar-refractivity contribution is 0.0621. The van der Waals surface area contributed by atoms with Gasteiger partial charge in [-0.1, -0.05) is 44.5 Å². The maximum Gasteiger partial charge on any atom is 0.0840 e. The van der Waals surface area contributed by atoms with Crippen LogP contribution in [0.4, 0.5) is 0 Å². The molecule has 0 aliphatic carbocycles. The van der Waals surface area contributed by atoms with Gasteiger partial charge in [0.2, 0.25) is 0 Å². The summed E-state index contributed by atoms with van der Waals surface area (Å²) in [4.78, 5) is 0. The molecule has 1 unspecified atom stereocenters. The highest BCUT2D eigenvalue weighted by atomic mass is 16.3. The topological polar surface area (TPSA) is 20.2 Å². The number of rotatable bonds is 1. The summed E-state index contributed by atoms with van der Waals surface area (Å²) in [5.41, 5.74) is 3.36. The molecule has 0 aromatic heterocycles. The summed E-state index contributed by atoms with van der Waals surface area (Å²) in [5.74, 6) is 0. The van der Waals surface area contributed by atoms with Crippen molar-refractivity contribution in [2.24, 2.45) is 5.41 Å². The molecule has 0 spiro atoms. The molecule has 0 saturated heterocycles. The minimum Gasteiger partial charge on any atom is -0.388 e. The van der Waals surface area contributed by atoms with E-state index < -0.39 is 0 Å². The number of aliphatic hydroxyl groups is 1. The highest BCUT2D eigenvalue weighted by Crippen LogP contribution is 2.34. The van der Waals surface area contributed by atoms with Crippen LogP contribution < -0.4 is 0 Å². The summed E-state index contributed by atoms with van der Waals surface area (Å²) in [7, 11) is 0. The summed E-state index contributed by atoms with van der Waals surface area (Å²) >= 11 is 0. The number of aliphatic hydroxyl groups excluding tert-OH is 1. The Hall–Kier alpha value is -0.820. The van der Waals surface area contributed by atoms with Gasteiger partial charge in [-0.05, 0) is 30.4 Å². The van der Waals surface area contributed by atoms with E-state index in [1.165, 1.54) is 11.1 Å². The van der Waals surface area contributed by atoms with E-state index in [1.807, 2.05) is 6.07 Å². The van der Waals surface area contributed by atoms with Gasteiger partial charge in [0.15, 0.2) is 0 Å². The molecule has 0 heterocycles. The zero-order valence-electron chi connectivity index (χ0n) is 9.76. The first-order chi connectivity index (χ1) is 6.32. The molecule has 0 aliphatic rings. The smallest absolute Gasteiger partial charge is 0.0840 e. The van der Waals surface area contributed by atoms with Crippen LogP contribution in [0.2, 0.25) is 0 Å². The summed E-state index contributed by atoms with van der Waals surface area (Å²) in [5, 5.41) is 10.1. The Morgan fingerprint density at radius 1 is 1.14 bits per heavy atom. The van der Waals surface area contributed by atoms with Crippen molar-refractivity contribution in [3.8, 4) is 0 Å². The van der Waals surface area contributed by atoms with Gasteiger partial charge in [-0.3, -0.25) is 0 Å². The van der Waals surface area contributed by atoms with Crippen LogP contribution in [0.15, 0.2) is 18.2 Å². The number of benzene rings is 1. The summed E-state index contributed by atoms with van der Waals surface area (Å²) < 4.78 is 0. The highest BCUT2D eigenvalue weighted by Gasteiger charge is 2.24. The van der Waals surface area contributed by atoms with Gasteiger partial charge in [-0.2, -0.15) is 0 Å². The van der Waals surface area contributed by atoms with Crippen LogP contribution in [-0.4, -0.2) is 5.11 Å². The third-order valence-corrected chi connectivity index (χ3v) is 2.54. The average Bonchev–Trinajstić information content (AvgIpc) is 2.01. The zero-order chi connectivity index (χ0) is 10.9. The Balaban J connectivity index is 3.08. The number of hydrogen-bond donors (Lipinski definition) is 1. The van der Waals surface area contributed by atoms with Gasteiger partial charge in [0, 0.05) is 0 Å². The van der Waals surface area contributed by atoms with Gasteiger partial charge < -0.3 is 5.11 Å². The highest BCUT2D eigenvalue weighted by molar-refractivity contribution is 5.32. The molecule has 1 nitrogen and oxygen atoms in total. The first-order valence-electron chi connectivity index (χ1n) is 5.07. The fraction of sp³-hybridized carbons (Fsp3) is 0.538. The van der Waals surface area contributed by atoms with E-state index >= 15 is 0 Å². The zero-order valence-corrected chi connectivity index (χ0v) is 9.76. The van der Waals surface area contributed by atoms with Crippen LogP contribution in [0.25, 0.3) is 0 Å². The van der Waals surface area contributed by atoms with Crippen molar-refractivity contribution in [3.63, 3.8) is 0 Å². The monoisotopic (exact) mass is 192 g/mol. The molecule has 1 N–H and O–H groups in total. The Morgan fingerprint density at radius 3 is 2.14 bits per heavy atom. The van der Waals surface area contributed by atoms with E-state index in [9.17, 15) is 5.11 Å². The first kappa shape index (κ1) is 11.3. The molecule has 0 bridgehead atoms. The lowest BCUT2D eigenvalue weighted by Gasteiger charge is -2.27. The minimum absolute atomic E-state index is 0.0972. The number of hydrogen-bond acceptors (Lipinski definition) is 1. The maximum atomic E-state index is 10.1. The largest absolute Gasteiger partial charge is 0.388 e. The van der Waals surface area contributed by atoms with E-state index in [4.69, 9.17) is 0 Å². The predicted molar refractivity (Wildman–Crippen MR) is 60.3 cm³/mol. The van der Waals surface area contributed by atoms with Gasteiger partial charge in [-0.25, -0.2) is 0 Å². The third-order valence-electron chi connectivity index (χ3n) is 2.54. The van der Waals surface area contributed by atoms with Crippen LogP contribution in [0.3, 0.4) is 0 Å². The molecule has 1 aromatic rings. The van der Waals surface area contributed by atoms with E-state index in [0.717, 1.165) is 5.56 Å². The van der Waals surface area contributed by atoms with Gasteiger partial charge in [-0.15, -0.1) is 0 Å². The molecule has 1 aromatic carbocycles. The van der Waals surface area contributed by atoms with Crippen molar-refractivity contribution in [1.82, 2.24) is 0 Å². The average molecular weight is 192 g/mol. The SMILES string of the molecule is Cc1ccc(C(O)C(C)(C)C)c(C)c1. The Kier molecular flexibility index (Phi) is 3.01. The fourth-order valence-electron chi connectivity index (χ4n) is 1.60. The third kappa shape index (κ3) is 2.36. The van der Waals surface area contributed by atoms with Gasteiger partial charge in [0.1, 0.15) is 0 Å². The summed E-state index contributed by atoms with van der Waals surface area (Å²) in [6, 6.07) is 6.20. The van der Waals surface area contributed by atoms with Crippen LogP contribution in [0, 0.1) is 19.3 Å². The van der Waals surface area contributed by atoms with Crippen molar-refractivity contribution < 1.29 is 5.11 Å². The minimum atomic E-state index is -0.386. The van der Waals surface area contributed by atoms with Crippen molar-refractivity contribution >= 4 is 0 Å². The second-order valence-corrected chi connectivity index (χ2v) is 5.13. The van der Waals surface area contributed by atoms with Crippen LogP contribution in [0.1, 0.15) is 43.6 Å². The Labute approximate surface area is 86.8 Å². The molecule has 1 rings (SSSR count). The maximum absolute atomic E-state index is 10.1. The molecule has 0 aliphatic heterocycles. The van der Waals surface area contributed by atoms with Crippen molar-refractivity contribution in [2.75, 3.05) is 0 Å². The van der Waals surface area contributed by atoms with E-state index in [2.05, 4.69) is 46.8 Å². The normalized spacial score (nSPS) is 14.1. The van der Waals surface area contributed by atoms with Crippen LogP contribution >= 0.6 is 0 Å². The molecule has 0 saturated carbocycles. The Bertz CT molecular complexity index is 320. The van der Waals surface area contributed by atoms with Crippen molar-refractivity contribution in [3.05, 3.63) is 34.9 Å². The van der Waals surface area contributed by atoms with Crippen LogP contribution in [-0.2, 0) is 0 Å². The number of aryl methyl sites for hydroxylation is 2. The molecule has 1 atom stereocenters. The summed E-state index contributed by atoms with van der Waals surface area (Å²) in [6.07, 6.45) is -0.386. The molecule has 0 radical (unpaired) electrons. The van der Waals surface area contributed by atoms with Crippen LogP contribution in [0.5, 0.6) is 0 Å². The molecule has 14 heavy (non-hydrogen) atoms. The van der Waals surface area contributed by atoms with E-state index in [0.29, 0.717) is 0 Å². The molecule has 0 amide bonds. The van der Waals surface area contributed by atoms with Crippen molar-refractivity contribution in [2.45, 2.75) is 40.7 Å². The second-order valence-electron chi connectivity index (χ2n) is 5.13. The standard InChI is InChI=1S/C13H20O/c1-9-6-7-11(10(2)8-9)12(14)13(3,4)5/h6-8,12,14H,1-5H3.